The van der Waals surface area contributed by atoms with Gasteiger partial charge < -0.3 is 0 Å². The van der Waals surface area contributed by atoms with Gasteiger partial charge in [0.1, 0.15) is 0 Å². The molecule has 0 heterocycles. The summed E-state index contributed by atoms with van der Waals surface area (Å²) >= 11 is 0. The number of hydrogen-bond acceptors (Lipinski definition) is 0. The summed E-state index contributed by atoms with van der Waals surface area (Å²) in [7, 11) is 0. The fraction of sp³-hybridized carbons (Fsp3) is 1.00. The van der Waals surface area contributed by atoms with Crippen LogP contribution in [0.3, 0.4) is 0 Å². The van der Waals surface area contributed by atoms with Gasteiger partial charge >= 0.3 is 0 Å². The van der Waals surface area contributed by atoms with Gasteiger partial charge in [-0.1, -0.05) is 33.6 Å². The average molecular weight is 154 g/mol. The van der Waals surface area contributed by atoms with E-state index in [4.69, 9.17) is 0 Å². The van der Waals surface area contributed by atoms with E-state index < -0.39 is 0 Å². The van der Waals surface area contributed by atoms with Crippen LogP contribution in [-0.2, 0) is 0 Å². The molecule has 0 saturated heterocycles. The van der Waals surface area contributed by atoms with E-state index in [2.05, 4.69) is 20.8 Å². The molecule has 0 aromatic heterocycles. The summed E-state index contributed by atoms with van der Waals surface area (Å²) in [4.78, 5) is 0. The van der Waals surface area contributed by atoms with E-state index in [-0.39, 0.29) is 0 Å². The van der Waals surface area contributed by atoms with Gasteiger partial charge in [0.05, 0.1) is 0 Å². The van der Waals surface area contributed by atoms with E-state index in [1.165, 1.54) is 38.5 Å². The molecule has 1 aliphatic carbocycles. The van der Waals surface area contributed by atoms with Crippen molar-refractivity contribution in [3.05, 3.63) is 0 Å². The maximum atomic E-state index is 2.39. The summed E-state index contributed by atoms with van der Waals surface area (Å²) in [6, 6.07) is 0. The van der Waals surface area contributed by atoms with Gasteiger partial charge in [0.15, 0.2) is 0 Å². The van der Waals surface area contributed by atoms with Crippen molar-refractivity contribution < 1.29 is 0 Å². The Labute approximate surface area is 71.4 Å². The highest BCUT2D eigenvalue weighted by Crippen LogP contribution is 2.51. The summed E-state index contributed by atoms with van der Waals surface area (Å²) in [6.07, 6.45) is 8.74. The lowest BCUT2D eigenvalue weighted by molar-refractivity contribution is 0.0441. The first-order valence-electron chi connectivity index (χ1n) is 5.22. The second-order valence-corrected chi connectivity index (χ2v) is 4.51. The molecule has 1 aliphatic rings. The Morgan fingerprint density at radius 1 is 1.09 bits per heavy atom. The predicted molar refractivity (Wildman–Crippen MR) is 50.6 cm³/mol. The molecule has 1 fully saturated rings. The Morgan fingerprint density at radius 3 is 1.82 bits per heavy atom. The summed E-state index contributed by atoms with van der Waals surface area (Å²) in [5, 5.41) is 0. The van der Waals surface area contributed by atoms with Gasteiger partial charge in [0, 0.05) is 0 Å². The van der Waals surface area contributed by atoms with E-state index in [1.54, 1.807) is 0 Å². The van der Waals surface area contributed by atoms with E-state index in [0.717, 1.165) is 11.3 Å². The van der Waals surface area contributed by atoms with Crippen LogP contribution in [0, 0.1) is 11.3 Å². The lowest BCUT2D eigenvalue weighted by Crippen LogP contribution is -2.35. The molecule has 0 aromatic rings. The highest BCUT2D eigenvalue weighted by molar-refractivity contribution is 4.90. The van der Waals surface area contributed by atoms with Crippen LogP contribution in [0.1, 0.15) is 59.3 Å². The van der Waals surface area contributed by atoms with Crippen molar-refractivity contribution in [3.63, 3.8) is 0 Å². The Hall–Kier alpha value is 0. The second-order valence-electron chi connectivity index (χ2n) is 4.51. The standard InChI is InChI=1S/C11H22/c1-4-6-11(7-5-2)8-10(3)9-11/h10H,4-9H2,1-3H3. The van der Waals surface area contributed by atoms with Gasteiger partial charge in [-0.3, -0.25) is 0 Å². The Balaban J connectivity index is 2.33. The fourth-order valence-corrected chi connectivity index (χ4v) is 3.01. The molecule has 11 heavy (non-hydrogen) atoms. The van der Waals surface area contributed by atoms with E-state index in [9.17, 15) is 0 Å². The summed E-state index contributed by atoms with van der Waals surface area (Å²) < 4.78 is 0. The minimum atomic E-state index is 0.795. The minimum Gasteiger partial charge on any atom is -0.0654 e. The third kappa shape index (κ3) is 1.98. The van der Waals surface area contributed by atoms with Crippen molar-refractivity contribution in [2.75, 3.05) is 0 Å². The quantitative estimate of drug-likeness (QED) is 0.574. The molecule has 0 atom stereocenters. The lowest BCUT2D eigenvalue weighted by Gasteiger charge is -2.47. The zero-order valence-electron chi connectivity index (χ0n) is 8.32. The van der Waals surface area contributed by atoms with Gasteiger partial charge in [0.25, 0.3) is 0 Å². The lowest BCUT2D eigenvalue weighted by atomic mass is 9.58. The van der Waals surface area contributed by atoms with Crippen molar-refractivity contribution >= 4 is 0 Å². The van der Waals surface area contributed by atoms with Crippen LogP contribution in [0.4, 0.5) is 0 Å². The van der Waals surface area contributed by atoms with Crippen LogP contribution in [-0.4, -0.2) is 0 Å². The van der Waals surface area contributed by atoms with E-state index in [0.29, 0.717) is 0 Å². The monoisotopic (exact) mass is 154 g/mol. The Morgan fingerprint density at radius 2 is 1.55 bits per heavy atom. The molecule has 1 rings (SSSR count). The molecule has 0 aliphatic heterocycles. The average Bonchev–Trinajstić information content (AvgIpc) is 1.86. The van der Waals surface area contributed by atoms with Gasteiger partial charge in [-0.2, -0.15) is 0 Å². The van der Waals surface area contributed by atoms with Crippen LogP contribution < -0.4 is 0 Å². The van der Waals surface area contributed by atoms with Crippen molar-refractivity contribution in [1.82, 2.24) is 0 Å². The third-order valence-corrected chi connectivity index (χ3v) is 3.12. The highest BCUT2D eigenvalue weighted by Gasteiger charge is 2.39. The van der Waals surface area contributed by atoms with Crippen LogP contribution in [0.5, 0.6) is 0 Å². The number of hydrogen-bond donors (Lipinski definition) is 0. The molecule has 0 nitrogen and oxygen atoms in total. The zero-order chi connectivity index (χ0) is 8.32. The molecule has 0 spiro atoms. The summed E-state index contributed by atoms with van der Waals surface area (Å²) in [6.45, 7) is 7.03. The maximum absolute atomic E-state index is 2.39. The fourth-order valence-electron chi connectivity index (χ4n) is 3.01. The Kier molecular flexibility index (Phi) is 2.98. The topological polar surface area (TPSA) is 0 Å². The molecule has 0 bridgehead atoms. The van der Waals surface area contributed by atoms with Crippen LogP contribution >= 0.6 is 0 Å². The van der Waals surface area contributed by atoms with Crippen molar-refractivity contribution in [1.29, 1.82) is 0 Å². The predicted octanol–water partition coefficient (Wildman–Crippen LogP) is 4.00. The normalized spacial score (nSPS) is 23.2. The first-order chi connectivity index (χ1) is 5.22. The molecule has 0 amide bonds. The molecular weight excluding hydrogens is 132 g/mol. The van der Waals surface area contributed by atoms with E-state index in [1.807, 2.05) is 0 Å². The first kappa shape index (κ1) is 9.09. The summed E-state index contributed by atoms with van der Waals surface area (Å²) in [5.74, 6) is 1.02. The van der Waals surface area contributed by atoms with Crippen molar-refractivity contribution in [2.45, 2.75) is 59.3 Å². The van der Waals surface area contributed by atoms with Crippen molar-refractivity contribution in [2.24, 2.45) is 11.3 Å². The van der Waals surface area contributed by atoms with Crippen LogP contribution in [0.25, 0.3) is 0 Å². The minimum absolute atomic E-state index is 0.795. The zero-order valence-corrected chi connectivity index (χ0v) is 8.32. The molecule has 0 unspecified atom stereocenters. The molecule has 0 aromatic carbocycles. The van der Waals surface area contributed by atoms with Gasteiger partial charge in [0.2, 0.25) is 0 Å². The molecule has 0 N–H and O–H groups in total. The third-order valence-electron chi connectivity index (χ3n) is 3.12. The molecule has 0 radical (unpaired) electrons. The Bertz CT molecular complexity index is 93.7. The molecular formula is C11H22. The van der Waals surface area contributed by atoms with Gasteiger partial charge in [-0.15, -0.1) is 0 Å². The van der Waals surface area contributed by atoms with Gasteiger partial charge in [-0.25, -0.2) is 0 Å². The van der Waals surface area contributed by atoms with Crippen LogP contribution in [0.15, 0.2) is 0 Å². The SMILES string of the molecule is CCCC1(CCC)CC(C)C1. The highest BCUT2D eigenvalue weighted by atomic mass is 14.4. The van der Waals surface area contributed by atoms with Crippen LogP contribution in [0.2, 0.25) is 0 Å². The van der Waals surface area contributed by atoms with Crippen molar-refractivity contribution in [3.8, 4) is 0 Å². The molecule has 0 heteroatoms. The first-order valence-corrected chi connectivity index (χ1v) is 5.22. The molecule has 1 saturated carbocycles. The largest absolute Gasteiger partial charge is 0.0654 e. The van der Waals surface area contributed by atoms with E-state index >= 15 is 0 Å². The second kappa shape index (κ2) is 3.60. The number of rotatable bonds is 4. The maximum Gasteiger partial charge on any atom is -0.0293 e. The smallest absolute Gasteiger partial charge is 0.0293 e. The summed E-state index contributed by atoms with van der Waals surface area (Å²) in [5.41, 5.74) is 0.795. The van der Waals surface area contributed by atoms with Gasteiger partial charge in [-0.05, 0) is 37.0 Å². The molecule has 66 valence electrons.